The summed E-state index contributed by atoms with van der Waals surface area (Å²) in [6.45, 7) is 1.80. The topological polar surface area (TPSA) is 168 Å². The third-order valence-corrected chi connectivity index (χ3v) is 7.40. The first-order valence-corrected chi connectivity index (χ1v) is 15.2. The lowest BCUT2D eigenvalue weighted by molar-refractivity contribution is -0.140. The van der Waals surface area contributed by atoms with Gasteiger partial charge in [0.05, 0.1) is 6.61 Å². The molecule has 3 aromatic carbocycles. The largest absolute Gasteiger partial charge is 0.445 e. The second-order valence-corrected chi connectivity index (χ2v) is 10.9. The van der Waals surface area contributed by atoms with Crippen molar-refractivity contribution in [1.82, 2.24) is 26.3 Å². The molecule has 0 fully saturated rings. The van der Waals surface area contributed by atoms with Crippen LogP contribution in [0.4, 0.5) is 4.79 Å². The monoisotopic (exact) mass is 641 g/mol. The van der Waals surface area contributed by atoms with Gasteiger partial charge >= 0.3 is 6.09 Å². The van der Waals surface area contributed by atoms with E-state index in [9.17, 15) is 24.0 Å². The van der Waals surface area contributed by atoms with Gasteiger partial charge in [-0.1, -0.05) is 78.9 Å². The minimum Gasteiger partial charge on any atom is -0.445 e. The molecule has 4 rings (SSSR count). The molecule has 0 aliphatic heterocycles. The Hall–Kier alpha value is -5.49. The Balaban J connectivity index is 1.51. The van der Waals surface area contributed by atoms with E-state index in [2.05, 4.69) is 26.3 Å². The number of aromatic amines is 1. The number of methoxy groups -OCH3 is 1. The van der Waals surface area contributed by atoms with Crippen molar-refractivity contribution in [3.8, 4) is 0 Å². The predicted molar refractivity (Wildman–Crippen MR) is 175 cm³/mol. The van der Waals surface area contributed by atoms with Crippen molar-refractivity contribution in [2.24, 2.45) is 0 Å². The van der Waals surface area contributed by atoms with E-state index < -0.39 is 47.7 Å². The summed E-state index contributed by atoms with van der Waals surface area (Å²) in [6, 6.07) is 22.1. The maximum absolute atomic E-state index is 13.9. The normalized spacial score (nSPS) is 12.7. The number of hydrogen-bond donors (Lipinski definition) is 5. The van der Waals surface area contributed by atoms with Gasteiger partial charge in [0.1, 0.15) is 24.7 Å². The molecule has 4 aromatic rings. The van der Waals surface area contributed by atoms with Crippen LogP contribution in [-0.4, -0.2) is 73.0 Å². The zero-order valence-corrected chi connectivity index (χ0v) is 26.3. The van der Waals surface area contributed by atoms with Crippen LogP contribution in [0.25, 0.3) is 10.9 Å². The molecule has 0 aliphatic carbocycles. The predicted octanol–water partition coefficient (Wildman–Crippen LogP) is 2.57. The summed E-state index contributed by atoms with van der Waals surface area (Å²) in [4.78, 5) is 68.8. The minimum atomic E-state index is -1.22. The summed E-state index contributed by atoms with van der Waals surface area (Å²) in [5.74, 6) is -3.04. The lowest BCUT2D eigenvalue weighted by Crippen LogP contribution is -2.57. The molecule has 3 atom stereocenters. The maximum atomic E-state index is 13.9. The van der Waals surface area contributed by atoms with E-state index >= 15 is 0 Å². The Morgan fingerprint density at radius 1 is 0.745 bits per heavy atom. The highest BCUT2D eigenvalue weighted by molar-refractivity contribution is 6.38. The van der Waals surface area contributed by atoms with Gasteiger partial charge in [0.2, 0.25) is 17.6 Å². The standard InChI is InChI=1S/C35H39N5O7/c1-23(38-35(45)47-22-25-13-7-4-8-14-25)32(42)40-30(20-26-21-37-28-16-10-9-15-27(26)28)33(43)39-29(19-24-11-5-3-6-12-24)31(41)34(44)36-17-18-46-2/h3-16,21,23,29-30,37H,17-20,22H2,1-2H3,(H,36,44)(H,38,45)(H,39,43)(H,40,42)/t23-,29-,30-/m0/s1. The lowest BCUT2D eigenvalue weighted by Gasteiger charge is -2.24. The molecule has 4 amide bonds. The number of amides is 4. The molecule has 0 spiro atoms. The van der Waals surface area contributed by atoms with Crippen LogP contribution < -0.4 is 21.3 Å². The molecule has 0 saturated carbocycles. The third kappa shape index (κ3) is 10.3. The van der Waals surface area contributed by atoms with Crippen LogP contribution >= 0.6 is 0 Å². The van der Waals surface area contributed by atoms with Crippen molar-refractivity contribution in [3.05, 3.63) is 108 Å². The minimum absolute atomic E-state index is 0.0164. The number of carbonyl (C=O) groups is 5. The van der Waals surface area contributed by atoms with E-state index in [4.69, 9.17) is 9.47 Å². The average molecular weight is 642 g/mol. The SMILES string of the molecule is COCCNC(=O)C(=O)[C@H](Cc1ccccc1)NC(=O)[C@H](Cc1c[nH]c2ccccc12)NC(=O)[C@H](C)NC(=O)OCc1ccccc1. The smallest absolute Gasteiger partial charge is 0.408 e. The quantitative estimate of drug-likeness (QED) is 0.0926. The van der Waals surface area contributed by atoms with Crippen LogP contribution in [-0.2, 0) is 48.1 Å². The number of Topliss-reactive ketones (excluding diaryl/α,β-unsaturated/α-hetero) is 1. The van der Waals surface area contributed by atoms with Crippen molar-refractivity contribution in [1.29, 1.82) is 0 Å². The fraction of sp³-hybridized carbons (Fsp3) is 0.286. The number of hydrogen-bond acceptors (Lipinski definition) is 7. The van der Waals surface area contributed by atoms with Gasteiger partial charge in [0.15, 0.2) is 0 Å². The van der Waals surface area contributed by atoms with Crippen molar-refractivity contribution < 1.29 is 33.4 Å². The van der Waals surface area contributed by atoms with Crippen molar-refractivity contribution in [2.45, 2.75) is 44.5 Å². The summed E-state index contributed by atoms with van der Waals surface area (Å²) in [7, 11) is 1.47. The highest BCUT2D eigenvalue weighted by Crippen LogP contribution is 2.19. The molecule has 0 saturated heterocycles. The molecule has 0 aliphatic rings. The van der Waals surface area contributed by atoms with Crippen LogP contribution in [0.1, 0.15) is 23.6 Å². The van der Waals surface area contributed by atoms with E-state index in [1.807, 2.05) is 48.5 Å². The van der Waals surface area contributed by atoms with E-state index in [1.165, 1.54) is 14.0 Å². The summed E-state index contributed by atoms with van der Waals surface area (Å²) in [5.41, 5.74) is 3.09. The van der Waals surface area contributed by atoms with Gasteiger partial charge < -0.3 is 35.7 Å². The first-order chi connectivity index (χ1) is 22.7. The van der Waals surface area contributed by atoms with E-state index in [0.29, 0.717) is 0 Å². The fourth-order valence-electron chi connectivity index (χ4n) is 4.88. The molecule has 0 radical (unpaired) electrons. The number of aromatic nitrogens is 1. The maximum Gasteiger partial charge on any atom is 0.408 e. The van der Waals surface area contributed by atoms with Crippen LogP contribution in [0, 0.1) is 0 Å². The van der Waals surface area contributed by atoms with Gasteiger partial charge in [-0.05, 0) is 29.7 Å². The van der Waals surface area contributed by atoms with E-state index in [-0.39, 0.29) is 32.6 Å². The number of alkyl carbamates (subject to hydrolysis) is 1. The molecule has 0 unspecified atom stereocenters. The number of para-hydroxylation sites is 1. The highest BCUT2D eigenvalue weighted by atomic mass is 16.5. The molecule has 12 nitrogen and oxygen atoms in total. The van der Waals surface area contributed by atoms with E-state index in [0.717, 1.165) is 27.6 Å². The first kappa shape index (κ1) is 34.4. The molecular weight excluding hydrogens is 602 g/mol. The van der Waals surface area contributed by atoms with Gasteiger partial charge in [0, 0.05) is 43.6 Å². The molecule has 47 heavy (non-hydrogen) atoms. The Morgan fingerprint density at radius 3 is 2.09 bits per heavy atom. The number of nitrogens with one attached hydrogen (secondary N) is 5. The fourth-order valence-corrected chi connectivity index (χ4v) is 4.88. The Bertz CT molecular complexity index is 1660. The summed E-state index contributed by atoms with van der Waals surface area (Å²) < 4.78 is 10.2. The first-order valence-electron chi connectivity index (χ1n) is 15.2. The zero-order valence-electron chi connectivity index (χ0n) is 26.3. The van der Waals surface area contributed by atoms with Crippen molar-refractivity contribution in [3.63, 3.8) is 0 Å². The highest BCUT2D eigenvalue weighted by Gasteiger charge is 2.32. The van der Waals surface area contributed by atoms with Gasteiger partial charge in [-0.15, -0.1) is 0 Å². The van der Waals surface area contributed by atoms with Crippen LogP contribution in [0.15, 0.2) is 91.1 Å². The number of ketones is 1. The van der Waals surface area contributed by atoms with Gasteiger partial charge in [-0.3, -0.25) is 19.2 Å². The molecular formula is C35H39N5O7. The van der Waals surface area contributed by atoms with Crippen LogP contribution in [0.3, 0.4) is 0 Å². The molecule has 1 aromatic heterocycles. The Labute approximate surface area is 272 Å². The molecule has 246 valence electrons. The summed E-state index contributed by atoms with van der Waals surface area (Å²) in [5, 5.41) is 11.3. The van der Waals surface area contributed by atoms with Crippen LogP contribution in [0.5, 0.6) is 0 Å². The van der Waals surface area contributed by atoms with Gasteiger partial charge in [0.25, 0.3) is 5.91 Å². The van der Waals surface area contributed by atoms with Crippen molar-refractivity contribution >= 4 is 40.5 Å². The Morgan fingerprint density at radius 2 is 1.38 bits per heavy atom. The Kier molecular flexibility index (Phi) is 12.6. The molecule has 5 N–H and O–H groups in total. The summed E-state index contributed by atoms with van der Waals surface area (Å²) in [6.07, 6.45) is 1.04. The zero-order chi connectivity index (χ0) is 33.6. The number of carbonyl (C=O) groups excluding carboxylic acids is 5. The molecule has 1 heterocycles. The number of rotatable bonds is 16. The third-order valence-electron chi connectivity index (χ3n) is 7.40. The number of fused-ring (bicyclic) bond motifs is 1. The van der Waals surface area contributed by atoms with Gasteiger partial charge in [-0.2, -0.15) is 0 Å². The lowest BCUT2D eigenvalue weighted by atomic mass is 9.99. The second kappa shape index (κ2) is 17.3. The van der Waals surface area contributed by atoms with E-state index in [1.54, 1.807) is 42.6 Å². The number of H-pyrrole nitrogens is 1. The average Bonchev–Trinajstić information content (AvgIpc) is 3.49. The summed E-state index contributed by atoms with van der Waals surface area (Å²) >= 11 is 0. The number of ether oxygens (including phenoxy) is 2. The van der Waals surface area contributed by atoms with Crippen LogP contribution in [0.2, 0.25) is 0 Å². The second-order valence-electron chi connectivity index (χ2n) is 10.9. The number of benzene rings is 3. The van der Waals surface area contributed by atoms with Gasteiger partial charge in [-0.25, -0.2) is 4.79 Å². The van der Waals surface area contributed by atoms with Crippen molar-refractivity contribution in [2.75, 3.05) is 20.3 Å². The molecule has 12 heteroatoms. The molecule has 0 bridgehead atoms.